The van der Waals surface area contributed by atoms with Crippen LogP contribution in [0.2, 0.25) is 0 Å². The summed E-state index contributed by atoms with van der Waals surface area (Å²) in [5.74, 6) is 1.09. The highest BCUT2D eigenvalue weighted by atomic mass is 79.9. The van der Waals surface area contributed by atoms with Crippen molar-refractivity contribution >= 4 is 27.4 Å². The number of ether oxygens (including phenoxy) is 1. The smallest absolute Gasteiger partial charge is 0.159 e. The Morgan fingerprint density at radius 1 is 1.29 bits per heavy atom. The molecule has 0 bridgehead atoms. The summed E-state index contributed by atoms with van der Waals surface area (Å²) in [6.07, 6.45) is 0.967. The first-order chi connectivity index (χ1) is 10.1. The highest BCUT2D eigenvalue weighted by Crippen LogP contribution is 2.33. The molecule has 0 spiro atoms. The van der Waals surface area contributed by atoms with Crippen LogP contribution in [-0.2, 0) is 13.0 Å². The fraction of sp³-hybridized carbons (Fsp3) is 0.235. The van der Waals surface area contributed by atoms with Crippen LogP contribution in [0.25, 0.3) is 0 Å². The van der Waals surface area contributed by atoms with Gasteiger partial charge in [0.05, 0.1) is 6.61 Å². The topological polar surface area (TPSA) is 38.3 Å². The number of anilines is 1. The molecule has 0 saturated carbocycles. The van der Waals surface area contributed by atoms with Crippen LogP contribution in [0.1, 0.15) is 28.4 Å². The van der Waals surface area contributed by atoms with Crippen LogP contribution in [-0.4, -0.2) is 12.4 Å². The van der Waals surface area contributed by atoms with E-state index >= 15 is 0 Å². The molecule has 0 aromatic heterocycles. The van der Waals surface area contributed by atoms with Crippen molar-refractivity contribution in [3.8, 4) is 5.75 Å². The number of carbonyl (C=O) groups excluding carboxylic acids is 1. The second-order valence-electron chi connectivity index (χ2n) is 5.14. The lowest BCUT2D eigenvalue weighted by atomic mass is 10.1. The monoisotopic (exact) mass is 345 g/mol. The number of nitrogens with one attached hydrogen (secondary N) is 1. The first kappa shape index (κ1) is 14.1. The molecule has 2 aromatic carbocycles. The van der Waals surface area contributed by atoms with Crippen molar-refractivity contribution in [1.29, 1.82) is 0 Å². The summed E-state index contributed by atoms with van der Waals surface area (Å²) in [7, 11) is 0. The molecule has 1 aliphatic heterocycles. The summed E-state index contributed by atoms with van der Waals surface area (Å²) in [4.78, 5) is 11.3. The number of fused-ring (bicyclic) bond motifs is 1. The molecule has 108 valence electrons. The van der Waals surface area contributed by atoms with Gasteiger partial charge < -0.3 is 10.1 Å². The largest absolute Gasteiger partial charge is 0.493 e. The first-order valence-electron chi connectivity index (χ1n) is 6.92. The van der Waals surface area contributed by atoms with Crippen molar-refractivity contribution in [1.82, 2.24) is 0 Å². The van der Waals surface area contributed by atoms with Gasteiger partial charge in [-0.1, -0.05) is 15.9 Å². The SMILES string of the molecule is CC(=O)c1ccc(NCc2cc(Br)cc3c2OCC3)cc1. The third-order valence-corrected chi connectivity index (χ3v) is 4.06. The minimum atomic E-state index is 0.0831. The highest BCUT2D eigenvalue weighted by molar-refractivity contribution is 9.10. The molecule has 0 fully saturated rings. The normalized spacial score (nSPS) is 12.7. The molecule has 0 radical (unpaired) electrons. The maximum absolute atomic E-state index is 11.3. The third-order valence-electron chi connectivity index (χ3n) is 3.60. The lowest BCUT2D eigenvalue weighted by molar-refractivity contribution is 0.101. The number of halogens is 1. The van der Waals surface area contributed by atoms with Crippen molar-refractivity contribution < 1.29 is 9.53 Å². The molecule has 0 amide bonds. The molecule has 0 saturated heterocycles. The molecule has 4 heteroatoms. The Labute approximate surface area is 132 Å². The molecule has 1 heterocycles. The van der Waals surface area contributed by atoms with Gasteiger partial charge in [0.2, 0.25) is 0 Å². The molecule has 2 aromatic rings. The molecule has 0 aliphatic carbocycles. The standard InChI is InChI=1S/C17H16BrNO2/c1-11(20)12-2-4-16(5-3-12)19-10-14-9-15(18)8-13-6-7-21-17(13)14/h2-5,8-9,19H,6-7,10H2,1H3. The number of ketones is 1. The van der Waals surface area contributed by atoms with Gasteiger partial charge in [-0.25, -0.2) is 0 Å². The zero-order valence-corrected chi connectivity index (χ0v) is 13.4. The van der Waals surface area contributed by atoms with Crippen LogP contribution in [0.15, 0.2) is 40.9 Å². The number of Topliss-reactive ketones (excluding diaryl/α,β-unsaturated/α-hetero) is 1. The first-order valence-corrected chi connectivity index (χ1v) is 7.72. The van der Waals surface area contributed by atoms with E-state index in [1.54, 1.807) is 6.92 Å². The van der Waals surface area contributed by atoms with Crippen LogP contribution < -0.4 is 10.1 Å². The van der Waals surface area contributed by atoms with Crippen molar-refractivity contribution in [2.75, 3.05) is 11.9 Å². The molecule has 21 heavy (non-hydrogen) atoms. The van der Waals surface area contributed by atoms with E-state index in [0.29, 0.717) is 6.54 Å². The van der Waals surface area contributed by atoms with E-state index in [1.165, 1.54) is 5.56 Å². The van der Waals surface area contributed by atoms with Crippen molar-refractivity contribution in [3.05, 3.63) is 57.6 Å². The van der Waals surface area contributed by atoms with Crippen LogP contribution in [0.4, 0.5) is 5.69 Å². The molecular weight excluding hydrogens is 330 g/mol. The van der Waals surface area contributed by atoms with Gasteiger partial charge in [-0.05, 0) is 48.9 Å². The fourth-order valence-electron chi connectivity index (χ4n) is 2.50. The van der Waals surface area contributed by atoms with Gasteiger partial charge in [-0.2, -0.15) is 0 Å². The summed E-state index contributed by atoms with van der Waals surface area (Å²) in [6, 6.07) is 11.7. The number of carbonyl (C=O) groups is 1. The fourth-order valence-corrected chi connectivity index (χ4v) is 3.05. The Morgan fingerprint density at radius 2 is 2.05 bits per heavy atom. The van der Waals surface area contributed by atoms with E-state index in [1.807, 2.05) is 24.3 Å². The van der Waals surface area contributed by atoms with E-state index in [9.17, 15) is 4.79 Å². The van der Waals surface area contributed by atoms with E-state index in [0.717, 1.165) is 40.1 Å². The maximum Gasteiger partial charge on any atom is 0.159 e. The Hall–Kier alpha value is -1.81. The van der Waals surface area contributed by atoms with Crippen LogP contribution in [0.5, 0.6) is 5.75 Å². The number of hydrogen-bond donors (Lipinski definition) is 1. The van der Waals surface area contributed by atoms with Crippen molar-refractivity contribution in [2.45, 2.75) is 19.9 Å². The predicted molar refractivity (Wildman–Crippen MR) is 87.1 cm³/mol. The average Bonchev–Trinajstić information content (AvgIpc) is 2.93. The Bertz CT molecular complexity index is 680. The molecular formula is C17H16BrNO2. The zero-order valence-electron chi connectivity index (χ0n) is 11.8. The molecule has 1 N–H and O–H groups in total. The van der Waals surface area contributed by atoms with E-state index in [2.05, 4.69) is 33.4 Å². The minimum Gasteiger partial charge on any atom is -0.493 e. The number of benzene rings is 2. The quantitative estimate of drug-likeness (QED) is 0.844. The lowest BCUT2D eigenvalue weighted by Crippen LogP contribution is -2.02. The number of rotatable bonds is 4. The highest BCUT2D eigenvalue weighted by Gasteiger charge is 2.17. The van der Waals surface area contributed by atoms with E-state index in [4.69, 9.17) is 4.74 Å². The molecule has 1 aliphatic rings. The van der Waals surface area contributed by atoms with Gasteiger partial charge in [0.15, 0.2) is 5.78 Å². The van der Waals surface area contributed by atoms with Crippen molar-refractivity contribution in [2.24, 2.45) is 0 Å². The van der Waals surface area contributed by atoms with E-state index in [-0.39, 0.29) is 5.78 Å². The van der Waals surface area contributed by atoms with Crippen LogP contribution >= 0.6 is 15.9 Å². The second kappa shape index (κ2) is 5.90. The van der Waals surface area contributed by atoms with Crippen LogP contribution in [0.3, 0.4) is 0 Å². The summed E-state index contributed by atoms with van der Waals surface area (Å²) >= 11 is 3.55. The molecule has 0 unspecified atom stereocenters. The van der Waals surface area contributed by atoms with Gasteiger partial charge in [0.25, 0.3) is 0 Å². The zero-order chi connectivity index (χ0) is 14.8. The predicted octanol–water partition coefficient (Wildman–Crippen LogP) is 4.20. The van der Waals surface area contributed by atoms with Crippen molar-refractivity contribution in [3.63, 3.8) is 0 Å². The maximum atomic E-state index is 11.3. The summed E-state index contributed by atoms with van der Waals surface area (Å²) in [6.45, 7) is 3.03. The number of hydrogen-bond acceptors (Lipinski definition) is 3. The Kier molecular flexibility index (Phi) is 3.97. The molecule has 0 atom stereocenters. The molecule has 3 rings (SSSR count). The second-order valence-corrected chi connectivity index (χ2v) is 6.05. The van der Waals surface area contributed by atoms with Gasteiger partial charge in [0.1, 0.15) is 5.75 Å². The average molecular weight is 346 g/mol. The summed E-state index contributed by atoms with van der Waals surface area (Å²) < 4.78 is 6.80. The van der Waals surface area contributed by atoms with E-state index < -0.39 is 0 Å². The Balaban J connectivity index is 1.75. The molecule has 3 nitrogen and oxygen atoms in total. The van der Waals surface area contributed by atoms with Gasteiger partial charge in [0, 0.05) is 34.3 Å². The van der Waals surface area contributed by atoms with Gasteiger partial charge in [-0.3, -0.25) is 4.79 Å². The lowest BCUT2D eigenvalue weighted by Gasteiger charge is -2.11. The third kappa shape index (κ3) is 3.10. The van der Waals surface area contributed by atoms with Gasteiger partial charge in [-0.15, -0.1) is 0 Å². The minimum absolute atomic E-state index is 0.0831. The summed E-state index contributed by atoms with van der Waals surface area (Å²) in [5, 5.41) is 3.37. The van der Waals surface area contributed by atoms with Gasteiger partial charge >= 0.3 is 0 Å². The Morgan fingerprint density at radius 3 is 2.76 bits per heavy atom. The summed E-state index contributed by atoms with van der Waals surface area (Å²) in [5.41, 5.74) is 4.12. The van der Waals surface area contributed by atoms with Crippen LogP contribution in [0, 0.1) is 0 Å².